The summed E-state index contributed by atoms with van der Waals surface area (Å²) in [6.07, 6.45) is 0. The smallest absolute Gasteiger partial charge is 0.376 e. The summed E-state index contributed by atoms with van der Waals surface area (Å²) in [6, 6.07) is 0. The second-order valence-corrected chi connectivity index (χ2v) is 3.29. The van der Waals surface area contributed by atoms with Crippen molar-refractivity contribution >= 4 is 5.97 Å². The first kappa shape index (κ1) is 10.7. The lowest BCUT2D eigenvalue weighted by Gasteiger charge is -1.98. The van der Waals surface area contributed by atoms with Crippen LogP contribution in [0.5, 0.6) is 0 Å². The van der Waals surface area contributed by atoms with Crippen molar-refractivity contribution in [2.75, 3.05) is 6.61 Å². The molecule has 0 bridgehead atoms. The predicted octanol–water partition coefficient (Wildman–Crippen LogP) is 1.12. The predicted molar refractivity (Wildman–Crippen MR) is 51.0 cm³/mol. The van der Waals surface area contributed by atoms with Crippen LogP contribution in [0.2, 0.25) is 0 Å². The average Bonchev–Trinajstić information content (AvgIpc) is 2.48. The van der Waals surface area contributed by atoms with Gasteiger partial charge in [-0.15, -0.1) is 0 Å². The Morgan fingerprint density at radius 3 is 2.64 bits per heavy atom. The normalized spacial score (nSPS) is 10.6. The lowest BCUT2D eigenvalue weighted by molar-refractivity contribution is 0.0506. The largest absolute Gasteiger partial charge is 0.460 e. The molecule has 14 heavy (non-hydrogen) atoms. The van der Waals surface area contributed by atoms with Gasteiger partial charge in [0.05, 0.1) is 6.61 Å². The number of hydrogen-bond donors (Lipinski definition) is 0. The fourth-order valence-electron chi connectivity index (χ4n) is 1.02. The summed E-state index contributed by atoms with van der Waals surface area (Å²) in [6.45, 7) is 6.06. The van der Waals surface area contributed by atoms with Crippen LogP contribution in [0.15, 0.2) is 0 Å². The van der Waals surface area contributed by atoms with Crippen LogP contribution < -0.4 is 0 Å². The van der Waals surface area contributed by atoms with Gasteiger partial charge in [0.25, 0.3) is 0 Å². The lowest BCUT2D eigenvalue weighted by atomic mass is 10.2. The molecule has 0 atom stereocenters. The van der Waals surface area contributed by atoms with E-state index in [9.17, 15) is 4.79 Å². The van der Waals surface area contributed by atoms with E-state index in [-0.39, 0.29) is 11.7 Å². The summed E-state index contributed by atoms with van der Waals surface area (Å²) in [5.74, 6) is 0.713. The molecule has 0 unspecified atom stereocenters. The number of nitrogens with zero attached hydrogens (tertiary/aromatic N) is 3. The first-order chi connectivity index (χ1) is 6.56. The Hall–Kier alpha value is -1.39. The van der Waals surface area contributed by atoms with Crippen LogP contribution in [0.4, 0.5) is 0 Å². The zero-order valence-corrected chi connectivity index (χ0v) is 8.94. The minimum atomic E-state index is -0.422. The molecule has 0 aliphatic carbocycles. The minimum Gasteiger partial charge on any atom is -0.460 e. The first-order valence-corrected chi connectivity index (χ1v) is 4.64. The Bertz CT molecular complexity index is 331. The number of aryl methyl sites for hydroxylation is 1. The molecule has 1 aromatic rings. The maximum atomic E-state index is 11.4. The van der Waals surface area contributed by atoms with Crippen LogP contribution in [0.1, 0.15) is 43.1 Å². The SMILES string of the molecule is CCOC(=O)c1nc(C(C)C)nn1C. The van der Waals surface area contributed by atoms with Gasteiger partial charge in [0.15, 0.2) is 5.82 Å². The molecular formula is C9H15N3O2. The van der Waals surface area contributed by atoms with Crippen LogP contribution in [-0.4, -0.2) is 27.3 Å². The van der Waals surface area contributed by atoms with Gasteiger partial charge in [-0.05, 0) is 6.92 Å². The Kier molecular flexibility index (Phi) is 3.22. The van der Waals surface area contributed by atoms with E-state index in [1.54, 1.807) is 14.0 Å². The number of esters is 1. The highest BCUT2D eigenvalue weighted by Gasteiger charge is 2.17. The first-order valence-electron chi connectivity index (χ1n) is 4.64. The third kappa shape index (κ3) is 2.10. The monoisotopic (exact) mass is 197 g/mol. The molecule has 0 fully saturated rings. The van der Waals surface area contributed by atoms with Gasteiger partial charge in [0.1, 0.15) is 0 Å². The molecule has 0 radical (unpaired) electrons. The molecule has 1 rings (SSSR count). The molecule has 1 heterocycles. The summed E-state index contributed by atoms with van der Waals surface area (Å²) in [5.41, 5.74) is 0. The second-order valence-electron chi connectivity index (χ2n) is 3.29. The quantitative estimate of drug-likeness (QED) is 0.681. The topological polar surface area (TPSA) is 57.0 Å². The van der Waals surface area contributed by atoms with E-state index in [4.69, 9.17) is 4.74 Å². The fraction of sp³-hybridized carbons (Fsp3) is 0.667. The van der Waals surface area contributed by atoms with Crippen molar-refractivity contribution in [3.8, 4) is 0 Å². The molecule has 0 aromatic carbocycles. The van der Waals surface area contributed by atoms with Gasteiger partial charge in [-0.1, -0.05) is 13.8 Å². The summed E-state index contributed by atoms with van der Waals surface area (Å²) >= 11 is 0. The molecule has 5 heteroatoms. The Morgan fingerprint density at radius 1 is 1.57 bits per heavy atom. The van der Waals surface area contributed by atoms with Gasteiger partial charge in [0.2, 0.25) is 5.82 Å². The van der Waals surface area contributed by atoms with E-state index in [1.807, 2.05) is 13.8 Å². The van der Waals surface area contributed by atoms with Crippen molar-refractivity contribution in [3.05, 3.63) is 11.6 Å². The number of ether oxygens (including phenoxy) is 1. The Morgan fingerprint density at radius 2 is 2.21 bits per heavy atom. The van der Waals surface area contributed by atoms with Crippen molar-refractivity contribution in [2.45, 2.75) is 26.7 Å². The van der Waals surface area contributed by atoms with E-state index >= 15 is 0 Å². The summed E-state index contributed by atoms with van der Waals surface area (Å²) in [7, 11) is 1.69. The van der Waals surface area contributed by atoms with Gasteiger partial charge in [-0.25, -0.2) is 14.5 Å². The Labute approximate surface area is 83.1 Å². The molecule has 0 aliphatic rings. The molecule has 5 nitrogen and oxygen atoms in total. The van der Waals surface area contributed by atoms with Crippen LogP contribution in [0, 0.1) is 0 Å². The highest BCUT2D eigenvalue weighted by molar-refractivity contribution is 5.85. The molecule has 0 spiro atoms. The molecule has 78 valence electrons. The van der Waals surface area contributed by atoms with Crippen molar-refractivity contribution in [1.82, 2.24) is 14.8 Å². The number of carbonyl (C=O) groups is 1. The minimum absolute atomic E-state index is 0.212. The van der Waals surface area contributed by atoms with E-state index in [0.717, 1.165) is 0 Å². The molecule has 1 aromatic heterocycles. The molecule has 0 saturated carbocycles. The summed E-state index contributed by atoms with van der Waals surface area (Å²) < 4.78 is 6.29. The maximum absolute atomic E-state index is 11.4. The standard InChI is InChI=1S/C9H15N3O2/c1-5-14-9(13)8-10-7(6(2)3)11-12(8)4/h6H,5H2,1-4H3. The van der Waals surface area contributed by atoms with Gasteiger partial charge in [-0.3, -0.25) is 0 Å². The van der Waals surface area contributed by atoms with Crippen LogP contribution >= 0.6 is 0 Å². The van der Waals surface area contributed by atoms with Crippen LogP contribution in [0.25, 0.3) is 0 Å². The number of aromatic nitrogens is 3. The van der Waals surface area contributed by atoms with Gasteiger partial charge in [-0.2, -0.15) is 5.10 Å². The third-order valence-electron chi connectivity index (χ3n) is 1.75. The van der Waals surface area contributed by atoms with Crippen molar-refractivity contribution in [1.29, 1.82) is 0 Å². The second kappa shape index (κ2) is 4.21. The molecule has 0 N–H and O–H groups in total. The number of rotatable bonds is 3. The highest BCUT2D eigenvalue weighted by Crippen LogP contribution is 2.09. The van der Waals surface area contributed by atoms with E-state index in [0.29, 0.717) is 12.4 Å². The molecule has 0 amide bonds. The van der Waals surface area contributed by atoms with Crippen molar-refractivity contribution < 1.29 is 9.53 Å². The van der Waals surface area contributed by atoms with Crippen molar-refractivity contribution in [3.63, 3.8) is 0 Å². The summed E-state index contributed by atoms with van der Waals surface area (Å²) in [4.78, 5) is 15.5. The summed E-state index contributed by atoms with van der Waals surface area (Å²) in [5, 5.41) is 4.12. The van der Waals surface area contributed by atoms with Gasteiger partial charge in [0, 0.05) is 13.0 Å². The van der Waals surface area contributed by atoms with Crippen molar-refractivity contribution in [2.24, 2.45) is 7.05 Å². The van der Waals surface area contributed by atoms with Crippen LogP contribution in [0.3, 0.4) is 0 Å². The van der Waals surface area contributed by atoms with E-state index in [1.165, 1.54) is 4.68 Å². The third-order valence-corrected chi connectivity index (χ3v) is 1.75. The fourth-order valence-corrected chi connectivity index (χ4v) is 1.02. The maximum Gasteiger partial charge on any atom is 0.376 e. The number of hydrogen-bond acceptors (Lipinski definition) is 4. The van der Waals surface area contributed by atoms with Crippen LogP contribution in [-0.2, 0) is 11.8 Å². The zero-order chi connectivity index (χ0) is 10.7. The number of carbonyl (C=O) groups excluding carboxylic acids is 1. The molecular weight excluding hydrogens is 182 g/mol. The van der Waals surface area contributed by atoms with Gasteiger partial charge >= 0.3 is 5.97 Å². The Balaban J connectivity index is 2.92. The lowest BCUT2D eigenvalue weighted by Crippen LogP contribution is -2.11. The molecule has 0 saturated heterocycles. The van der Waals surface area contributed by atoms with Gasteiger partial charge < -0.3 is 4.74 Å². The van der Waals surface area contributed by atoms with E-state index in [2.05, 4.69) is 10.1 Å². The average molecular weight is 197 g/mol. The highest BCUT2D eigenvalue weighted by atomic mass is 16.5. The zero-order valence-electron chi connectivity index (χ0n) is 8.94. The molecule has 0 aliphatic heterocycles. The van der Waals surface area contributed by atoms with E-state index < -0.39 is 5.97 Å².